The van der Waals surface area contributed by atoms with Gasteiger partial charge in [-0.3, -0.25) is 4.79 Å². The van der Waals surface area contributed by atoms with Crippen molar-refractivity contribution in [2.45, 2.75) is 6.61 Å². The van der Waals surface area contributed by atoms with E-state index >= 15 is 0 Å². The fraction of sp³-hybridized carbons (Fsp3) is 0.105. The Bertz CT molecular complexity index is 886. The molecule has 1 aromatic heterocycles. The second-order valence-corrected chi connectivity index (χ2v) is 6.63. The largest absolute Gasteiger partial charge is 0.472 e. The number of nitrogens with one attached hydrogen (secondary N) is 2. The van der Waals surface area contributed by atoms with Crippen LogP contribution < -0.4 is 15.4 Å². The van der Waals surface area contributed by atoms with Crippen molar-refractivity contribution in [3.63, 3.8) is 0 Å². The van der Waals surface area contributed by atoms with Gasteiger partial charge in [0.1, 0.15) is 12.2 Å². The number of anilines is 3. The van der Waals surface area contributed by atoms with E-state index in [4.69, 9.17) is 4.74 Å². The number of ether oxygens (including phenoxy) is 1. The number of aldehydes is 1. The van der Waals surface area contributed by atoms with Gasteiger partial charge >= 0.3 is 0 Å². The van der Waals surface area contributed by atoms with Crippen molar-refractivity contribution in [1.82, 2.24) is 9.97 Å². The van der Waals surface area contributed by atoms with Crippen LogP contribution in [0.1, 0.15) is 15.9 Å². The number of nitrogens with zero attached hydrogens (tertiary/aromatic N) is 2. The molecule has 0 bridgehead atoms. The highest BCUT2D eigenvalue weighted by Gasteiger charge is 2.15. The first kappa shape index (κ1) is 18.1. The Hall–Kier alpha value is -2.68. The van der Waals surface area contributed by atoms with E-state index in [1.165, 1.54) is 0 Å². The molecule has 0 spiro atoms. The summed E-state index contributed by atoms with van der Waals surface area (Å²) >= 11 is 2.24. The number of carbonyl (C=O) groups is 1. The number of hydrogen-bond donors (Lipinski definition) is 2. The van der Waals surface area contributed by atoms with Crippen molar-refractivity contribution in [1.29, 1.82) is 0 Å². The first-order chi connectivity index (χ1) is 12.7. The second kappa shape index (κ2) is 8.61. The molecule has 0 saturated heterocycles. The fourth-order valence-electron chi connectivity index (χ4n) is 2.27. The number of benzene rings is 2. The van der Waals surface area contributed by atoms with Gasteiger partial charge in [0.25, 0.3) is 0 Å². The van der Waals surface area contributed by atoms with Gasteiger partial charge in [0.05, 0.1) is 0 Å². The summed E-state index contributed by atoms with van der Waals surface area (Å²) in [6, 6.07) is 17.5. The zero-order valence-electron chi connectivity index (χ0n) is 14.1. The summed E-state index contributed by atoms with van der Waals surface area (Å²) in [5, 5.41) is 6.05. The summed E-state index contributed by atoms with van der Waals surface area (Å²) in [5.74, 6) is 0.992. The average Bonchev–Trinajstić information content (AvgIpc) is 2.68. The predicted molar refractivity (Wildman–Crippen MR) is 110 cm³/mol. The maximum atomic E-state index is 11.7. The Morgan fingerprint density at radius 2 is 1.81 bits per heavy atom. The van der Waals surface area contributed by atoms with Crippen molar-refractivity contribution in [3.05, 3.63) is 69.3 Å². The molecule has 0 atom stereocenters. The molecule has 0 aliphatic heterocycles. The Morgan fingerprint density at radius 1 is 1.08 bits per heavy atom. The van der Waals surface area contributed by atoms with Crippen molar-refractivity contribution in [3.8, 4) is 5.88 Å². The van der Waals surface area contributed by atoms with Crippen LogP contribution in [-0.4, -0.2) is 23.3 Å². The first-order valence-corrected chi connectivity index (χ1v) is 9.01. The molecule has 2 aromatic carbocycles. The minimum Gasteiger partial charge on any atom is -0.472 e. The highest BCUT2D eigenvalue weighted by Crippen LogP contribution is 2.27. The third kappa shape index (κ3) is 4.48. The molecule has 2 N–H and O–H groups in total. The normalized spacial score (nSPS) is 10.2. The van der Waals surface area contributed by atoms with Gasteiger partial charge in [-0.25, -0.2) is 0 Å². The van der Waals surface area contributed by atoms with Gasteiger partial charge in [-0.05, 0) is 52.4 Å². The van der Waals surface area contributed by atoms with Crippen molar-refractivity contribution >= 4 is 46.3 Å². The molecule has 0 unspecified atom stereocenters. The summed E-state index contributed by atoms with van der Waals surface area (Å²) in [5.41, 5.74) is 2.09. The Balaban J connectivity index is 1.90. The lowest BCUT2D eigenvalue weighted by atomic mass is 10.2. The van der Waals surface area contributed by atoms with Gasteiger partial charge in [-0.15, -0.1) is 0 Å². The molecule has 0 aliphatic carbocycles. The van der Waals surface area contributed by atoms with Crippen LogP contribution in [0.4, 0.5) is 17.5 Å². The molecule has 0 fully saturated rings. The van der Waals surface area contributed by atoms with Gasteiger partial charge in [-0.1, -0.05) is 30.3 Å². The van der Waals surface area contributed by atoms with E-state index in [9.17, 15) is 4.79 Å². The van der Waals surface area contributed by atoms with E-state index in [0.717, 1.165) is 14.8 Å². The molecule has 0 amide bonds. The van der Waals surface area contributed by atoms with Crippen LogP contribution in [0.5, 0.6) is 5.88 Å². The van der Waals surface area contributed by atoms with Crippen LogP contribution in [0.3, 0.4) is 0 Å². The molecule has 3 aromatic rings. The summed E-state index contributed by atoms with van der Waals surface area (Å²) in [4.78, 5) is 20.3. The molecule has 1 heterocycles. The highest BCUT2D eigenvalue weighted by molar-refractivity contribution is 14.1. The van der Waals surface area contributed by atoms with E-state index in [1.54, 1.807) is 7.05 Å². The number of aromatic nitrogens is 2. The summed E-state index contributed by atoms with van der Waals surface area (Å²) in [6.07, 6.45) is 0.703. The lowest BCUT2D eigenvalue weighted by Gasteiger charge is -2.14. The highest BCUT2D eigenvalue weighted by atomic mass is 127. The van der Waals surface area contributed by atoms with Crippen LogP contribution in [0.25, 0.3) is 0 Å². The lowest BCUT2D eigenvalue weighted by Crippen LogP contribution is -2.09. The predicted octanol–water partition coefficient (Wildman–Crippen LogP) is 4.26. The monoisotopic (exact) mass is 460 g/mol. The molecule has 7 heteroatoms. The molecule has 0 radical (unpaired) electrons. The molecule has 0 aliphatic rings. The zero-order valence-corrected chi connectivity index (χ0v) is 16.2. The SMILES string of the molecule is CNc1nc(Nc2ccc(I)cc2)c(C=O)c(OCc2ccccc2)n1. The quantitative estimate of drug-likeness (QED) is 0.406. The molecular formula is C19H17IN4O2. The standard InChI is InChI=1S/C19H17IN4O2/c1-21-19-23-17(22-15-9-7-14(20)8-10-15)16(11-25)18(24-19)26-12-13-5-3-2-4-6-13/h2-11H,12H2,1H3,(H2,21,22,23,24). The van der Waals surface area contributed by atoms with E-state index < -0.39 is 0 Å². The third-order valence-corrected chi connectivity index (χ3v) is 4.30. The fourth-order valence-corrected chi connectivity index (χ4v) is 2.63. The second-order valence-electron chi connectivity index (χ2n) is 5.39. The minimum absolute atomic E-state index is 0.233. The Morgan fingerprint density at radius 3 is 2.46 bits per heavy atom. The van der Waals surface area contributed by atoms with Crippen molar-refractivity contribution in [2.75, 3.05) is 17.7 Å². The van der Waals surface area contributed by atoms with E-state index in [1.807, 2.05) is 54.6 Å². The summed E-state index contributed by atoms with van der Waals surface area (Å²) < 4.78 is 6.91. The minimum atomic E-state index is 0.233. The first-order valence-electron chi connectivity index (χ1n) is 7.94. The number of hydrogen-bond acceptors (Lipinski definition) is 6. The Labute approximate surface area is 165 Å². The lowest BCUT2D eigenvalue weighted by molar-refractivity contribution is 0.111. The van der Waals surface area contributed by atoms with Crippen molar-refractivity contribution in [2.24, 2.45) is 0 Å². The molecule has 132 valence electrons. The number of carbonyl (C=O) groups excluding carboxylic acids is 1. The number of rotatable bonds is 7. The van der Waals surface area contributed by atoms with E-state index in [0.29, 0.717) is 24.7 Å². The van der Waals surface area contributed by atoms with Gasteiger partial charge in [0, 0.05) is 16.3 Å². The maximum Gasteiger partial charge on any atom is 0.231 e. The molecule has 3 rings (SSSR count). The molecule has 6 nitrogen and oxygen atoms in total. The van der Waals surface area contributed by atoms with Crippen LogP contribution in [0, 0.1) is 3.57 Å². The average molecular weight is 460 g/mol. The number of halogens is 1. The maximum absolute atomic E-state index is 11.7. The third-order valence-electron chi connectivity index (χ3n) is 3.58. The zero-order chi connectivity index (χ0) is 18.4. The van der Waals surface area contributed by atoms with Gasteiger partial charge in [0.15, 0.2) is 12.1 Å². The van der Waals surface area contributed by atoms with Crippen LogP contribution >= 0.6 is 22.6 Å². The van der Waals surface area contributed by atoms with Crippen LogP contribution in [-0.2, 0) is 6.61 Å². The Kier molecular flexibility index (Phi) is 6.00. The summed E-state index contributed by atoms with van der Waals surface area (Å²) in [7, 11) is 1.71. The van der Waals surface area contributed by atoms with Gasteiger partial charge in [0.2, 0.25) is 11.8 Å². The van der Waals surface area contributed by atoms with Gasteiger partial charge < -0.3 is 15.4 Å². The molecular weight excluding hydrogens is 443 g/mol. The molecule has 0 saturated carbocycles. The van der Waals surface area contributed by atoms with Crippen molar-refractivity contribution < 1.29 is 9.53 Å². The topological polar surface area (TPSA) is 76.1 Å². The van der Waals surface area contributed by atoms with Crippen LogP contribution in [0.15, 0.2) is 54.6 Å². The summed E-state index contributed by atoms with van der Waals surface area (Å²) in [6.45, 7) is 0.310. The van der Waals surface area contributed by atoms with E-state index in [-0.39, 0.29) is 11.4 Å². The molecule has 26 heavy (non-hydrogen) atoms. The van der Waals surface area contributed by atoms with E-state index in [2.05, 4.69) is 43.2 Å². The van der Waals surface area contributed by atoms with Crippen LogP contribution in [0.2, 0.25) is 0 Å². The smallest absolute Gasteiger partial charge is 0.231 e. The van der Waals surface area contributed by atoms with Gasteiger partial charge in [-0.2, -0.15) is 9.97 Å².